The average molecular weight is 216 g/mol. The van der Waals surface area contributed by atoms with Gasteiger partial charge in [-0.1, -0.05) is 20.8 Å². The standard InChI is InChI=1S/C10H20N2O3/c1-10(2,3)9(15)12-7(8(13)14)5-4-6-11/h7H,4-6,11H2,1-3H3,(H,12,15)(H,13,14)/t7-/m0/s1. The van der Waals surface area contributed by atoms with Crippen LogP contribution < -0.4 is 11.1 Å². The number of hydrogen-bond donors (Lipinski definition) is 3. The van der Waals surface area contributed by atoms with Crippen LogP contribution in [0.25, 0.3) is 0 Å². The lowest BCUT2D eigenvalue weighted by molar-refractivity contribution is -0.143. The van der Waals surface area contributed by atoms with E-state index in [4.69, 9.17) is 10.8 Å². The Bertz CT molecular complexity index is 233. The molecule has 0 saturated carbocycles. The third-order valence-electron chi connectivity index (χ3n) is 1.98. The summed E-state index contributed by atoms with van der Waals surface area (Å²) in [7, 11) is 0. The maximum absolute atomic E-state index is 11.5. The minimum absolute atomic E-state index is 0.257. The Morgan fingerprint density at radius 1 is 1.40 bits per heavy atom. The van der Waals surface area contributed by atoms with Crippen LogP contribution in [0.5, 0.6) is 0 Å². The monoisotopic (exact) mass is 216 g/mol. The van der Waals surface area contributed by atoms with Gasteiger partial charge in [-0.15, -0.1) is 0 Å². The molecule has 0 aliphatic carbocycles. The lowest BCUT2D eigenvalue weighted by Gasteiger charge is -2.21. The number of rotatable bonds is 5. The van der Waals surface area contributed by atoms with Crippen LogP contribution >= 0.6 is 0 Å². The Morgan fingerprint density at radius 3 is 2.27 bits per heavy atom. The number of nitrogens with one attached hydrogen (secondary N) is 1. The highest BCUT2D eigenvalue weighted by molar-refractivity contribution is 5.86. The van der Waals surface area contributed by atoms with E-state index in [1.54, 1.807) is 20.8 Å². The molecule has 5 nitrogen and oxygen atoms in total. The van der Waals surface area contributed by atoms with Gasteiger partial charge in [-0.25, -0.2) is 4.79 Å². The number of carboxylic acid groups (broad SMARTS) is 1. The fourth-order valence-electron chi connectivity index (χ4n) is 0.954. The van der Waals surface area contributed by atoms with Gasteiger partial charge in [0, 0.05) is 5.41 Å². The summed E-state index contributed by atoms with van der Waals surface area (Å²) in [6.07, 6.45) is 0.953. The molecular weight excluding hydrogens is 196 g/mol. The van der Waals surface area contributed by atoms with E-state index in [0.29, 0.717) is 19.4 Å². The van der Waals surface area contributed by atoms with Crippen LogP contribution in [0.15, 0.2) is 0 Å². The van der Waals surface area contributed by atoms with Crippen molar-refractivity contribution in [1.29, 1.82) is 0 Å². The van der Waals surface area contributed by atoms with Crippen molar-refractivity contribution < 1.29 is 14.7 Å². The Balaban J connectivity index is 4.29. The second-order valence-electron chi connectivity index (χ2n) is 4.55. The highest BCUT2D eigenvalue weighted by atomic mass is 16.4. The van der Waals surface area contributed by atoms with E-state index in [0.717, 1.165) is 0 Å². The molecule has 0 aromatic rings. The van der Waals surface area contributed by atoms with Gasteiger partial charge >= 0.3 is 5.97 Å². The van der Waals surface area contributed by atoms with Crippen molar-refractivity contribution in [2.45, 2.75) is 39.7 Å². The zero-order valence-corrected chi connectivity index (χ0v) is 9.54. The summed E-state index contributed by atoms with van der Waals surface area (Å²) in [4.78, 5) is 22.3. The van der Waals surface area contributed by atoms with E-state index in [1.165, 1.54) is 0 Å². The molecule has 0 bridgehead atoms. The van der Waals surface area contributed by atoms with Crippen molar-refractivity contribution in [1.82, 2.24) is 5.32 Å². The van der Waals surface area contributed by atoms with Crippen LogP contribution in [0.4, 0.5) is 0 Å². The second kappa shape index (κ2) is 5.70. The van der Waals surface area contributed by atoms with Gasteiger partial charge in [-0.3, -0.25) is 4.79 Å². The Hall–Kier alpha value is -1.10. The molecule has 0 rings (SSSR count). The van der Waals surface area contributed by atoms with E-state index in [-0.39, 0.29) is 5.91 Å². The zero-order valence-electron chi connectivity index (χ0n) is 9.54. The van der Waals surface area contributed by atoms with Gasteiger partial charge < -0.3 is 16.2 Å². The molecule has 0 unspecified atom stereocenters. The Labute approximate surface area is 90.0 Å². The summed E-state index contributed by atoms with van der Waals surface area (Å²) in [5.74, 6) is -1.27. The van der Waals surface area contributed by atoms with E-state index in [9.17, 15) is 9.59 Å². The van der Waals surface area contributed by atoms with Crippen LogP contribution in [-0.2, 0) is 9.59 Å². The van der Waals surface area contributed by atoms with Crippen molar-refractivity contribution in [2.24, 2.45) is 11.1 Å². The summed E-state index contributed by atoms with van der Waals surface area (Å²) >= 11 is 0. The third kappa shape index (κ3) is 5.37. The third-order valence-corrected chi connectivity index (χ3v) is 1.98. The molecule has 0 aromatic heterocycles. The molecule has 15 heavy (non-hydrogen) atoms. The minimum Gasteiger partial charge on any atom is -0.480 e. The Morgan fingerprint density at radius 2 is 1.93 bits per heavy atom. The van der Waals surface area contributed by atoms with Crippen LogP contribution in [0.2, 0.25) is 0 Å². The Kier molecular flexibility index (Phi) is 5.28. The average Bonchev–Trinajstić information content (AvgIpc) is 2.09. The molecule has 0 fully saturated rings. The highest BCUT2D eigenvalue weighted by Gasteiger charge is 2.26. The molecule has 0 aromatic carbocycles. The normalized spacial score (nSPS) is 13.3. The zero-order chi connectivity index (χ0) is 12.1. The maximum Gasteiger partial charge on any atom is 0.326 e. The van der Waals surface area contributed by atoms with E-state index in [1.807, 2.05) is 0 Å². The molecule has 1 amide bonds. The number of carbonyl (C=O) groups excluding carboxylic acids is 1. The summed E-state index contributed by atoms with van der Waals surface area (Å²) < 4.78 is 0. The number of amides is 1. The molecule has 0 heterocycles. The minimum atomic E-state index is -1.01. The van der Waals surface area contributed by atoms with Crippen molar-refractivity contribution >= 4 is 11.9 Å². The molecule has 88 valence electrons. The molecule has 0 aliphatic heterocycles. The molecule has 5 heteroatoms. The summed E-state index contributed by atoms with van der Waals surface area (Å²) in [6, 6.07) is -0.833. The molecular formula is C10H20N2O3. The lowest BCUT2D eigenvalue weighted by atomic mass is 9.95. The quantitative estimate of drug-likeness (QED) is 0.618. The van der Waals surface area contributed by atoms with Gasteiger partial charge in [-0.2, -0.15) is 0 Å². The predicted molar refractivity (Wildman–Crippen MR) is 57.3 cm³/mol. The van der Waals surface area contributed by atoms with Gasteiger partial charge in [0.2, 0.25) is 5.91 Å². The molecule has 0 spiro atoms. The first-order valence-corrected chi connectivity index (χ1v) is 5.03. The highest BCUT2D eigenvalue weighted by Crippen LogP contribution is 2.13. The topological polar surface area (TPSA) is 92.4 Å². The van der Waals surface area contributed by atoms with E-state index < -0.39 is 17.4 Å². The number of nitrogens with two attached hydrogens (primary N) is 1. The van der Waals surface area contributed by atoms with Gasteiger partial charge in [0.15, 0.2) is 0 Å². The molecule has 0 aliphatic rings. The van der Waals surface area contributed by atoms with Crippen molar-refractivity contribution in [3.63, 3.8) is 0 Å². The first-order valence-electron chi connectivity index (χ1n) is 5.03. The first-order chi connectivity index (χ1) is 6.79. The number of carbonyl (C=O) groups is 2. The van der Waals surface area contributed by atoms with Crippen LogP contribution in [0.1, 0.15) is 33.6 Å². The molecule has 0 radical (unpaired) electrons. The van der Waals surface area contributed by atoms with Crippen molar-refractivity contribution in [3.8, 4) is 0 Å². The summed E-state index contributed by atoms with van der Waals surface area (Å²) in [5, 5.41) is 11.4. The van der Waals surface area contributed by atoms with Crippen LogP contribution in [-0.4, -0.2) is 29.6 Å². The van der Waals surface area contributed by atoms with Crippen LogP contribution in [0, 0.1) is 5.41 Å². The fourth-order valence-corrected chi connectivity index (χ4v) is 0.954. The van der Waals surface area contributed by atoms with Gasteiger partial charge in [0.25, 0.3) is 0 Å². The largest absolute Gasteiger partial charge is 0.480 e. The first kappa shape index (κ1) is 13.9. The van der Waals surface area contributed by atoms with Gasteiger partial charge in [0.1, 0.15) is 6.04 Å². The molecule has 0 saturated heterocycles. The lowest BCUT2D eigenvalue weighted by Crippen LogP contribution is -2.45. The number of carboxylic acids is 1. The summed E-state index contributed by atoms with van der Waals surface area (Å²) in [6.45, 7) is 5.65. The fraction of sp³-hybridized carbons (Fsp3) is 0.800. The van der Waals surface area contributed by atoms with Gasteiger partial charge in [-0.05, 0) is 19.4 Å². The van der Waals surface area contributed by atoms with E-state index >= 15 is 0 Å². The van der Waals surface area contributed by atoms with E-state index in [2.05, 4.69) is 5.32 Å². The second-order valence-corrected chi connectivity index (χ2v) is 4.55. The molecule has 4 N–H and O–H groups in total. The molecule has 1 atom stereocenters. The van der Waals surface area contributed by atoms with Crippen LogP contribution in [0.3, 0.4) is 0 Å². The maximum atomic E-state index is 11.5. The number of aliphatic carboxylic acids is 1. The number of hydrogen-bond acceptors (Lipinski definition) is 3. The smallest absolute Gasteiger partial charge is 0.326 e. The van der Waals surface area contributed by atoms with Crippen molar-refractivity contribution in [2.75, 3.05) is 6.54 Å². The summed E-state index contributed by atoms with van der Waals surface area (Å²) in [5.41, 5.74) is 4.71. The van der Waals surface area contributed by atoms with Gasteiger partial charge in [0.05, 0.1) is 0 Å². The van der Waals surface area contributed by atoms with Crippen molar-refractivity contribution in [3.05, 3.63) is 0 Å². The SMILES string of the molecule is CC(C)(C)C(=O)N[C@@H](CCCN)C(=O)O. The predicted octanol–water partition coefficient (Wildman–Crippen LogP) is 0.341.